The van der Waals surface area contributed by atoms with E-state index in [0.717, 1.165) is 30.9 Å². The van der Waals surface area contributed by atoms with Gasteiger partial charge >= 0.3 is 0 Å². The molecule has 4 heteroatoms. The van der Waals surface area contributed by atoms with Crippen LogP contribution in [0.5, 0.6) is 0 Å². The first kappa shape index (κ1) is 14.4. The van der Waals surface area contributed by atoms with Crippen LogP contribution in [0, 0.1) is 0 Å². The van der Waals surface area contributed by atoms with Crippen molar-refractivity contribution in [3.8, 4) is 0 Å². The number of hydrogen-bond acceptors (Lipinski definition) is 3. The average Bonchev–Trinajstić information content (AvgIpc) is 2.38. The molecule has 102 valence electrons. The molecule has 0 aliphatic carbocycles. The van der Waals surface area contributed by atoms with E-state index in [4.69, 9.17) is 4.74 Å². The number of halogens is 1. The van der Waals surface area contributed by atoms with Crippen molar-refractivity contribution in [2.45, 2.75) is 11.4 Å². The maximum Gasteiger partial charge on any atom is 0.0705 e. The second kappa shape index (κ2) is 6.98. The molecule has 0 radical (unpaired) electrons. The molecule has 0 aliphatic heterocycles. The SMILES string of the molecule is COCC(Br)CN(C)Cc1ccc2ccccc2n1. The van der Waals surface area contributed by atoms with Crippen LogP contribution in [-0.2, 0) is 11.3 Å². The number of pyridine rings is 1. The van der Waals surface area contributed by atoms with E-state index in [1.54, 1.807) is 7.11 Å². The van der Waals surface area contributed by atoms with Crippen molar-refractivity contribution < 1.29 is 4.74 Å². The van der Waals surface area contributed by atoms with Crippen LogP contribution in [-0.4, -0.2) is 42.0 Å². The Bertz CT molecular complexity index is 532. The molecular formula is C15H19BrN2O. The van der Waals surface area contributed by atoms with Crippen molar-refractivity contribution in [3.63, 3.8) is 0 Å². The normalized spacial score (nSPS) is 13.1. The number of alkyl halides is 1. The Morgan fingerprint density at radius 2 is 2.05 bits per heavy atom. The Morgan fingerprint density at radius 3 is 2.84 bits per heavy atom. The van der Waals surface area contributed by atoms with Gasteiger partial charge < -0.3 is 4.74 Å². The van der Waals surface area contributed by atoms with Crippen molar-refractivity contribution in [2.75, 3.05) is 27.3 Å². The third kappa shape index (κ3) is 4.27. The quantitative estimate of drug-likeness (QED) is 0.764. The number of ether oxygens (including phenoxy) is 1. The highest BCUT2D eigenvalue weighted by molar-refractivity contribution is 9.09. The summed E-state index contributed by atoms with van der Waals surface area (Å²) in [6.07, 6.45) is 0. The zero-order chi connectivity index (χ0) is 13.7. The first-order chi connectivity index (χ1) is 9.19. The third-order valence-corrected chi connectivity index (χ3v) is 3.50. The zero-order valence-corrected chi connectivity index (χ0v) is 12.9. The van der Waals surface area contributed by atoms with Gasteiger partial charge in [0, 0.05) is 25.6 Å². The van der Waals surface area contributed by atoms with Gasteiger partial charge in [-0.25, -0.2) is 0 Å². The van der Waals surface area contributed by atoms with Crippen molar-refractivity contribution in [3.05, 3.63) is 42.1 Å². The predicted molar refractivity (Wildman–Crippen MR) is 82.7 cm³/mol. The molecule has 1 aromatic heterocycles. The molecule has 0 aliphatic rings. The van der Waals surface area contributed by atoms with Crippen LogP contribution < -0.4 is 0 Å². The Labute approximate surface area is 122 Å². The Hall–Kier alpha value is -0.970. The first-order valence-corrected chi connectivity index (χ1v) is 7.27. The lowest BCUT2D eigenvalue weighted by molar-refractivity contribution is 0.184. The molecule has 3 nitrogen and oxygen atoms in total. The van der Waals surface area contributed by atoms with Gasteiger partial charge in [0.15, 0.2) is 0 Å². The predicted octanol–water partition coefficient (Wildman–Crippen LogP) is 3.08. The smallest absolute Gasteiger partial charge is 0.0705 e. The van der Waals surface area contributed by atoms with Crippen molar-refractivity contribution >= 4 is 26.8 Å². The summed E-state index contributed by atoms with van der Waals surface area (Å²) in [5, 5.41) is 1.19. The highest BCUT2D eigenvalue weighted by Gasteiger charge is 2.09. The fraction of sp³-hybridized carbons (Fsp3) is 0.400. The molecule has 0 bridgehead atoms. The highest BCUT2D eigenvalue weighted by atomic mass is 79.9. The maximum absolute atomic E-state index is 5.12. The Kier molecular flexibility index (Phi) is 5.31. The van der Waals surface area contributed by atoms with Gasteiger partial charge in [-0.05, 0) is 19.2 Å². The van der Waals surface area contributed by atoms with E-state index in [0.29, 0.717) is 4.83 Å². The number of aromatic nitrogens is 1. The Balaban J connectivity index is 2.00. The largest absolute Gasteiger partial charge is 0.383 e. The van der Waals surface area contributed by atoms with Crippen LogP contribution in [0.1, 0.15) is 5.69 Å². The van der Waals surface area contributed by atoms with Gasteiger partial charge in [-0.15, -0.1) is 0 Å². The lowest BCUT2D eigenvalue weighted by atomic mass is 10.2. The van der Waals surface area contributed by atoms with E-state index in [1.165, 1.54) is 5.39 Å². The number of nitrogens with zero attached hydrogens (tertiary/aromatic N) is 2. The summed E-state index contributed by atoms with van der Waals surface area (Å²) in [7, 11) is 3.82. The molecule has 0 saturated heterocycles. The van der Waals surface area contributed by atoms with E-state index in [1.807, 2.05) is 12.1 Å². The summed E-state index contributed by atoms with van der Waals surface area (Å²) in [6, 6.07) is 12.4. The second-order valence-electron chi connectivity index (χ2n) is 4.74. The van der Waals surface area contributed by atoms with Crippen LogP contribution in [0.15, 0.2) is 36.4 Å². The average molecular weight is 323 g/mol. The number of rotatable bonds is 6. The van der Waals surface area contributed by atoms with Gasteiger partial charge in [-0.1, -0.05) is 40.2 Å². The molecule has 0 fully saturated rings. The molecule has 0 spiro atoms. The minimum atomic E-state index is 0.350. The topological polar surface area (TPSA) is 25.4 Å². The molecule has 0 saturated carbocycles. The molecule has 19 heavy (non-hydrogen) atoms. The van der Waals surface area contributed by atoms with Gasteiger partial charge in [0.1, 0.15) is 0 Å². The molecule has 1 atom stereocenters. The number of hydrogen-bond donors (Lipinski definition) is 0. The van der Waals surface area contributed by atoms with Gasteiger partial charge in [0.2, 0.25) is 0 Å². The zero-order valence-electron chi connectivity index (χ0n) is 11.3. The van der Waals surface area contributed by atoms with Gasteiger partial charge in [-0.3, -0.25) is 9.88 Å². The molecule has 1 unspecified atom stereocenters. The van der Waals surface area contributed by atoms with Gasteiger partial charge in [0.25, 0.3) is 0 Å². The summed E-state index contributed by atoms with van der Waals surface area (Å²) >= 11 is 3.60. The Morgan fingerprint density at radius 1 is 1.26 bits per heavy atom. The van der Waals surface area contributed by atoms with E-state index in [2.05, 4.69) is 57.1 Å². The summed E-state index contributed by atoms with van der Waals surface area (Å²) < 4.78 is 5.12. The van der Waals surface area contributed by atoms with Crippen LogP contribution in [0.2, 0.25) is 0 Å². The standard InChI is InChI=1S/C15H19BrN2O/c1-18(9-13(16)11-19-2)10-14-8-7-12-5-3-4-6-15(12)17-14/h3-8,13H,9-11H2,1-2H3. The summed E-state index contributed by atoms with van der Waals surface area (Å²) in [5.41, 5.74) is 2.15. The fourth-order valence-corrected chi connectivity index (χ4v) is 2.87. The molecule has 0 N–H and O–H groups in total. The van der Waals surface area contributed by atoms with Gasteiger partial charge in [0.05, 0.1) is 22.6 Å². The van der Waals surface area contributed by atoms with Crippen molar-refractivity contribution in [2.24, 2.45) is 0 Å². The lowest BCUT2D eigenvalue weighted by Gasteiger charge is -2.19. The number of benzene rings is 1. The van der Waals surface area contributed by atoms with E-state index in [9.17, 15) is 0 Å². The van der Waals surface area contributed by atoms with Crippen molar-refractivity contribution in [1.29, 1.82) is 0 Å². The molecule has 0 amide bonds. The van der Waals surface area contributed by atoms with E-state index < -0.39 is 0 Å². The third-order valence-electron chi connectivity index (χ3n) is 2.95. The van der Waals surface area contributed by atoms with Crippen LogP contribution in [0.4, 0.5) is 0 Å². The highest BCUT2D eigenvalue weighted by Crippen LogP contribution is 2.13. The van der Waals surface area contributed by atoms with Gasteiger partial charge in [-0.2, -0.15) is 0 Å². The first-order valence-electron chi connectivity index (χ1n) is 6.35. The van der Waals surface area contributed by atoms with Crippen LogP contribution in [0.25, 0.3) is 10.9 Å². The molecule has 1 heterocycles. The van der Waals surface area contributed by atoms with Crippen LogP contribution >= 0.6 is 15.9 Å². The monoisotopic (exact) mass is 322 g/mol. The van der Waals surface area contributed by atoms with E-state index in [-0.39, 0.29) is 0 Å². The molecular weight excluding hydrogens is 304 g/mol. The van der Waals surface area contributed by atoms with Crippen molar-refractivity contribution in [1.82, 2.24) is 9.88 Å². The molecule has 1 aromatic carbocycles. The number of para-hydroxylation sites is 1. The fourth-order valence-electron chi connectivity index (χ4n) is 2.11. The summed E-state index contributed by atoms with van der Waals surface area (Å²) in [4.78, 5) is 7.28. The molecule has 2 aromatic rings. The van der Waals surface area contributed by atoms with E-state index >= 15 is 0 Å². The summed E-state index contributed by atoms with van der Waals surface area (Å²) in [5.74, 6) is 0. The maximum atomic E-state index is 5.12. The number of methoxy groups -OCH3 is 1. The minimum Gasteiger partial charge on any atom is -0.383 e. The van der Waals surface area contributed by atoms with Crippen LogP contribution in [0.3, 0.4) is 0 Å². The lowest BCUT2D eigenvalue weighted by Crippen LogP contribution is -2.28. The minimum absolute atomic E-state index is 0.350. The molecule has 2 rings (SSSR count). The summed E-state index contributed by atoms with van der Waals surface area (Å²) in [6.45, 7) is 2.49. The second-order valence-corrected chi connectivity index (χ2v) is 6.04. The number of fused-ring (bicyclic) bond motifs is 1.